The standard InChI is InChI=1S/C17H19N8O6/c18-14-11-15(20-7-19-14)24(16-13(28)12(27)10(6-26)31-16)17(22-11)23-21-5-8-1-3-9(4-2-8)25(29)30/h1-5,7,10,12-13,16,21,26-28H,6H2,(H3-,18,19,20,22,23,29,30)/q-1/t10-,12-,13-,16-/m1/s1. The maximum atomic E-state index is 10.8. The second-order valence-electron chi connectivity index (χ2n) is 6.73. The molecule has 0 amide bonds. The summed E-state index contributed by atoms with van der Waals surface area (Å²) in [5.41, 5.74) is 12.6. The van der Waals surface area contributed by atoms with Crippen LogP contribution in [-0.2, 0) is 4.74 Å². The summed E-state index contributed by atoms with van der Waals surface area (Å²) in [4.78, 5) is 11.9. The van der Waals surface area contributed by atoms with Crippen LogP contribution in [0.5, 0.6) is 0 Å². The minimum absolute atomic E-state index is 0.0367. The summed E-state index contributed by atoms with van der Waals surface area (Å²) in [6.45, 7) is -0.493. The molecule has 0 aromatic carbocycles. The van der Waals surface area contributed by atoms with E-state index in [1.54, 1.807) is 12.2 Å². The van der Waals surface area contributed by atoms with Crippen LogP contribution in [0.4, 0.5) is 11.8 Å². The quantitative estimate of drug-likeness (QED) is 0.233. The van der Waals surface area contributed by atoms with Crippen molar-refractivity contribution < 1.29 is 25.0 Å². The fourth-order valence-corrected chi connectivity index (χ4v) is 3.22. The Kier molecular flexibility index (Phi) is 5.43. The molecular weight excluding hydrogens is 412 g/mol. The third kappa shape index (κ3) is 3.75. The normalized spacial score (nSPS) is 25.3. The number of ether oxygens (including phenoxy) is 1. The number of imidazole rings is 1. The van der Waals surface area contributed by atoms with Crippen LogP contribution >= 0.6 is 0 Å². The molecule has 0 radical (unpaired) electrons. The molecule has 7 N–H and O–H groups in total. The number of hydrazine groups is 1. The molecule has 3 heterocycles. The summed E-state index contributed by atoms with van der Waals surface area (Å²) in [6, 6.07) is 0. The SMILES string of the molecule is Nc1ncnc2c1nc(NNC=C1C=CC(=[N+]([O-])[O-])C=C1)n2[C@@H]1O[C@H](CO)[C@@H](O)[C@H]1O. The number of nitrogens with one attached hydrogen (secondary N) is 2. The van der Waals surface area contributed by atoms with E-state index < -0.39 is 36.0 Å². The van der Waals surface area contributed by atoms with E-state index in [-0.39, 0.29) is 28.6 Å². The predicted octanol–water partition coefficient (Wildman–Crippen LogP) is -1.60. The van der Waals surface area contributed by atoms with Crippen molar-refractivity contribution in [3.05, 3.63) is 52.8 Å². The number of aliphatic hydroxyl groups excluding tert-OH is 3. The zero-order valence-electron chi connectivity index (χ0n) is 15.9. The van der Waals surface area contributed by atoms with Crippen molar-refractivity contribution in [2.75, 3.05) is 17.8 Å². The van der Waals surface area contributed by atoms with Crippen molar-refractivity contribution in [1.82, 2.24) is 24.9 Å². The van der Waals surface area contributed by atoms with Gasteiger partial charge < -0.3 is 41.6 Å². The van der Waals surface area contributed by atoms with Crippen molar-refractivity contribution in [2.24, 2.45) is 0 Å². The number of nitrogen functional groups attached to an aromatic ring is 1. The van der Waals surface area contributed by atoms with Crippen molar-refractivity contribution in [1.29, 1.82) is 0 Å². The fourth-order valence-electron chi connectivity index (χ4n) is 3.22. The number of hydrogen-bond donors (Lipinski definition) is 6. The minimum Gasteiger partial charge on any atom is -0.612 e. The number of nitrogens with two attached hydrogens (primary N) is 1. The molecule has 2 aliphatic rings. The molecular formula is C17H19N8O6-. The number of aliphatic hydroxyl groups is 3. The summed E-state index contributed by atoms with van der Waals surface area (Å²) in [5, 5.41) is 51.4. The van der Waals surface area contributed by atoms with Crippen LogP contribution in [0.2, 0.25) is 0 Å². The van der Waals surface area contributed by atoms with Crippen molar-refractivity contribution >= 4 is 28.6 Å². The Balaban J connectivity index is 1.63. The first-order valence-corrected chi connectivity index (χ1v) is 9.10. The van der Waals surface area contributed by atoms with Crippen molar-refractivity contribution in [3.63, 3.8) is 0 Å². The minimum atomic E-state index is -1.37. The van der Waals surface area contributed by atoms with E-state index in [1.807, 2.05) is 0 Å². The summed E-state index contributed by atoms with van der Waals surface area (Å²) in [7, 11) is 0. The smallest absolute Gasteiger partial charge is 0.226 e. The molecule has 1 fully saturated rings. The average molecular weight is 431 g/mol. The molecule has 0 bridgehead atoms. The van der Waals surface area contributed by atoms with Gasteiger partial charge in [0.2, 0.25) is 11.7 Å². The highest BCUT2D eigenvalue weighted by atomic mass is 16.8. The monoisotopic (exact) mass is 431 g/mol. The van der Waals surface area contributed by atoms with Crippen LogP contribution in [0, 0.1) is 10.4 Å². The largest absolute Gasteiger partial charge is 0.612 e. The van der Waals surface area contributed by atoms with Crippen LogP contribution in [0.25, 0.3) is 11.2 Å². The molecule has 0 unspecified atom stereocenters. The van der Waals surface area contributed by atoms with Gasteiger partial charge in [0, 0.05) is 18.4 Å². The summed E-state index contributed by atoms with van der Waals surface area (Å²) >= 11 is 0. The van der Waals surface area contributed by atoms with Gasteiger partial charge in [-0.15, -0.1) is 0 Å². The number of aromatic nitrogens is 4. The van der Waals surface area contributed by atoms with Gasteiger partial charge in [0.25, 0.3) is 0 Å². The van der Waals surface area contributed by atoms with Gasteiger partial charge in [-0.2, -0.15) is 4.90 Å². The molecule has 1 saturated heterocycles. The van der Waals surface area contributed by atoms with Crippen molar-refractivity contribution in [3.8, 4) is 0 Å². The lowest BCUT2D eigenvalue weighted by atomic mass is 10.1. The Bertz CT molecular complexity index is 1090. The second kappa shape index (κ2) is 8.19. The zero-order chi connectivity index (χ0) is 22.1. The molecule has 0 saturated carbocycles. The van der Waals surface area contributed by atoms with Gasteiger partial charge in [0.05, 0.1) is 6.61 Å². The molecule has 2 aromatic rings. The van der Waals surface area contributed by atoms with Crippen LogP contribution in [0.15, 0.2) is 42.4 Å². The molecule has 1 aliphatic carbocycles. The maximum absolute atomic E-state index is 10.8. The fraction of sp³-hybridized carbons (Fsp3) is 0.294. The lowest BCUT2D eigenvalue weighted by Gasteiger charge is -2.19. The Morgan fingerprint density at radius 3 is 2.58 bits per heavy atom. The van der Waals surface area contributed by atoms with E-state index in [9.17, 15) is 25.7 Å². The topological polar surface area (TPSA) is 213 Å². The first-order valence-electron chi connectivity index (χ1n) is 9.10. The molecule has 31 heavy (non-hydrogen) atoms. The summed E-state index contributed by atoms with van der Waals surface area (Å²) < 4.78 is 6.98. The number of rotatable bonds is 5. The highest BCUT2D eigenvalue weighted by Gasteiger charge is 2.45. The molecule has 0 spiro atoms. The van der Waals surface area contributed by atoms with E-state index in [1.165, 1.54) is 29.2 Å². The van der Waals surface area contributed by atoms with E-state index >= 15 is 0 Å². The molecule has 164 valence electrons. The number of anilines is 2. The Hall–Kier alpha value is -3.72. The lowest BCUT2D eigenvalue weighted by molar-refractivity contribution is -0.377. The van der Waals surface area contributed by atoms with E-state index in [2.05, 4.69) is 25.8 Å². The van der Waals surface area contributed by atoms with Crippen molar-refractivity contribution in [2.45, 2.75) is 24.5 Å². The second-order valence-corrected chi connectivity index (χ2v) is 6.73. The van der Waals surface area contributed by atoms with E-state index in [0.717, 1.165) is 0 Å². The molecule has 2 aromatic heterocycles. The van der Waals surface area contributed by atoms with Gasteiger partial charge in [-0.05, 0) is 17.7 Å². The highest BCUT2D eigenvalue weighted by Crippen LogP contribution is 2.34. The average Bonchev–Trinajstić information content (AvgIpc) is 3.26. The lowest BCUT2D eigenvalue weighted by Crippen LogP contribution is -2.33. The van der Waals surface area contributed by atoms with Gasteiger partial charge in [-0.1, -0.05) is 0 Å². The summed E-state index contributed by atoms with van der Waals surface area (Å²) in [6.07, 6.45) is 3.76. The van der Waals surface area contributed by atoms with Crippen LogP contribution < -0.4 is 16.6 Å². The van der Waals surface area contributed by atoms with E-state index in [4.69, 9.17) is 10.5 Å². The number of fused-ring (bicyclic) bond motifs is 1. The highest BCUT2D eigenvalue weighted by molar-refractivity contribution is 6.02. The third-order valence-electron chi connectivity index (χ3n) is 4.80. The first kappa shape index (κ1) is 20.5. The number of allylic oxidation sites excluding steroid dienone is 5. The van der Waals surface area contributed by atoms with Gasteiger partial charge in [-0.25, -0.2) is 15.0 Å². The molecule has 4 rings (SSSR count). The third-order valence-corrected chi connectivity index (χ3v) is 4.80. The number of nitrogens with zero attached hydrogens (tertiary/aromatic N) is 5. The van der Waals surface area contributed by atoms with Crippen LogP contribution in [0.1, 0.15) is 6.23 Å². The van der Waals surface area contributed by atoms with E-state index in [0.29, 0.717) is 5.57 Å². The Morgan fingerprint density at radius 1 is 1.19 bits per heavy atom. The van der Waals surface area contributed by atoms with Crippen LogP contribution in [0.3, 0.4) is 0 Å². The van der Waals surface area contributed by atoms with Gasteiger partial charge >= 0.3 is 0 Å². The molecule has 14 heteroatoms. The van der Waals surface area contributed by atoms with Gasteiger partial charge in [0.15, 0.2) is 23.2 Å². The first-order chi connectivity index (χ1) is 14.9. The molecule has 14 nitrogen and oxygen atoms in total. The molecule has 4 atom stereocenters. The maximum Gasteiger partial charge on any atom is 0.226 e. The summed E-state index contributed by atoms with van der Waals surface area (Å²) in [5.74, 6) is 0.230. The van der Waals surface area contributed by atoms with Crippen LogP contribution in [-0.4, -0.2) is 70.4 Å². The Labute approximate surface area is 174 Å². The number of hydrogen-bond acceptors (Lipinski definition) is 12. The van der Waals surface area contributed by atoms with Gasteiger partial charge in [-0.3, -0.25) is 9.99 Å². The predicted molar refractivity (Wildman–Crippen MR) is 108 cm³/mol. The Morgan fingerprint density at radius 2 is 1.94 bits per heavy atom. The molecule has 1 aliphatic heterocycles. The van der Waals surface area contributed by atoms with Gasteiger partial charge in [0.1, 0.15) is 24.6 Å². The zero-order valence-corrected chi connectivity index (χ0v) is 15.9.